The molecule has 0 N–H and O–H groups in total. The minimum atomic E-state index is 0.239. The van der Waals surface area contributed by atoms with E-state index in [1.807, 2.05) is 6.21 Å². The smallest absolute Gasteiger partial charge is 0.131 e. The fourth-order valence-electron chi connectivity index (χ4n) is 3.67. The van der Waals surface area contributed by atoms with Crippen molar-refractivity contribution >= 4 is 23.4 Å². The number of nitrogens with zero attached hydrogens (tertiary/aromatic N) is 3. The van der Waals surface area contributed by atoms with Crippen molar-refractivity contribution in [3.05, 3.63) is 59.7 Å². The second kappa shape index (κ2) is 13.8. The number of hydrogen-bond donors (Lipinski definition) is 0. The summed E-state index contributed by atoms with van der Waals surface area (Å²) in [5.74, 6) is 0.239. The van der Waals surface area contributed by atoms with Gasteiger partial charge in [0.15, 0.2) is 0 Å². The van der Waals surface area contributed by atoms with Crippen LogP contribution in [0.25, 0.3) is 0 Å². The second-order valence-corrected chi connectivity index (χ2v) is 8.32. The van der Waals surface area contributed by atoms with Crippen LogP contribution in [0.4, 0.5) is 11.4 Å². The van der Waals surface area contributed by atoms with Crippen molar-refractivity contribution in [2.45, 2.75) is 53.4 Å². The van der Waals surface area contributed by atoms with Crippen LogP contribution < -0.4 is 4.90 Å². The number of anilines is 1. The predicted octanol–water partition coefficient (Wildman–Crippen LogP) is 6.04. The van der Waals surface area contributed by atoms with E-state index >= 15 is 0 Å². The Morgan fingerprint density at radius 1 is 0.871 bits per heavy atom. The lowest BCUT2D eigenvalue weighted by Gasteiger charge is -2.27. The van der Waals surface area contributed by atoms with Gasteiger partial charge < -0.3 is 9.80 Å². The van der Waals surface area contributed by atoms with Crippen molar-refractivity contribution in [2.24, 2.45) is 4.99 Å². The molecule has 0 aromatic heterocycles. The van der Waals surface area contributed by atoms with Crippen LogP contribution in [0.15, 0.2) is 53.5 Å². The number of ketones is 1. The lowest BCUT2D eigenvalue weighted by Crippen LogP contribution is -2.32. The third-order valence-corrected chi connectivity index (χ3v) is 5.37. The fourth-order valence-corrected chi connectivity index (χ4v) is 3.67. The number of carbonyl (C=O) groups is 1. The average molecular weight is 422 g/mol. The molecule has 0 unspecified atom stereocenters. The van der Waals surface area contributed by atoms with Crippen molar-refractivity contribution < 1.29 is 4.79 Å². The van der Waals surface area contributed by atoms with Crippen molar-refractivity contribution in [3.63, 3.8) is 0 Å². The molecule has 168 valence electrons. The molecule has 0 saturated heterocycles. The molecule has 0 amide bonds. The summed E-state index contributed by atoms with van der Waals surface area (Å²) in [7, 11) is 0. The standard InChI is InChI=1S/C27H39N3O/c1-5-17-29(18-6-2)19-7-20-30(21-16-24(4)31)27-14-12-26(13-15-27)28-22-25-10-8-23(3)9-11-25/h8-15,22H,5-7,16-21H2,1-4H3. The van der Waals surface area contributed by atoms with Crippen LogP contribution in [0.5, 0.6) is 0 Å². The maximum absolute atomic E-state index is 11.6. The van der Waals surface area contributed by atoms with Crippen molar-refractivity contribution in [2.75, 3.05) is 37.6 Å². The summed E-state index contributed by atoms with van der Waals surface area (Å²) in [6.07, 6.45) is 5.97. The van der Waals surface area contributed by atoms with Gasteiger partial charge in [0.2, 0.25) is 0 Å². The van der Waals surface area contributed by atoms with E-state index in [0.717, 1.165) is 56.1 Å². The molecule has 4 nitrogen and oxygen atoms in total. The zero-order chi connectivity index (χ0) is 22.5. The van der Waals surface area contributed by atoms with Gasteiger partial charge >= 0.3 is 0 Å². The zero-order valence-electron chi connectivity index (χ0n) is 19.8. The van der Waals surface area contributed by atoms with Crippen LogP contribution in [-0.4, -0.2) is 49.6 Å². The summed E-state index contributed by atoms with van der Waals surface area (Å²) in [4.78, 5) is 21.1. The van der Waals surface area contributed by atoms with E-state index in [4.69, 9.17) is 0 Å². The van der Waals surface area contributed by atoms with Crippen molar-refractivity contribution in [1.29, 1.82) is 0 Å². The number of rotatable bonds is 14. The van der Waals surface area contributed by atoms with Gasteiger partial charge in [-0.1, -0.05) is 43.7 Å². The zero-order valence-corrected chi connectivity index (χ0v) is 19.8. The molecule has 0 aliphatic heterocycles. The normalized spacial score (nSPS) is 11.4. The monoisotopic (exact) mass is 421 g/mol. The Balaban J connectivity index is 2.00. The number of aliphatic imine (C=N–C) groups is 1. The first kappa shape index (κ1) is 24.8. The third kappa shape index (κ3) is 9.48. The van der Waals surface area contributed by atoms with Crippen molar-refractivity contribution in [1.82, 2.24) is 4.90 Å². The van der Waals surface area contributed by atoms with E-state index in [9.17, 15) is 4.79 Å². The molecule has 4 heteroatoms. The molecule has 0 saturated carbocycles. The van der Waals surface area contributed by atoms with Crippen LogP contribution in [0.1, 0.15) is 57.6 Å². The van der Waals surface area contributed by atoms with E-state index in [1.165, 1.54) is 18.4 Å². The molecule has 2 rings (SSSR count). The van der Waals surface area contributed by atoms with Crippen LogP contribution in [0.3, 0.4) is 0 Å². The van der Waals surface area contributed by atoms with Gasteiger partial charge in [0, 0.05) is 31.4 Å². The molecule has 31 heavy (non-hydrogen) atoms. The third-order valence-electron chi connectivity index (χ3n) is 5.37. The first-order valence-corrected chi connectivity index (χ1v) is 11.7. The van der Waals surface area contributed by atoms with Gasteiger partial charge in [-0.2, -0.15) is 0 Å². The Kier molecular flexibility index (Phi) is 11.0. The maximum atomic E-state index is 11.6. The molecule has 0 atom stereocenters. The summed E-state index contributed by atoms with van der Waals surface area (Å²) >= 11 is 0. The van der Waals surface area contributed by atoms with Gasteiger partial charge in [0.05, 0.1) is 5.69 Å². The molecule has 0 spiro atoms. The molecule has 0 fully saturated rings. The van der Waals surface area contributed by atoms with Crippen LogP contribution >= 0.6 is 0 Å². The summed E-state index contributed by atoms with van der Waals surface area (Å²) < 4.78 is 0. The van der Waals surface area contributed by atoms with E-state index in [1.54, 1.807) is 6.92 Å². The first-order chi connectivity index (χ1) is 15.0. The lowest BCUT2D eigenvalue weighted by molar-refractivity contribution is -0.116. The van der Waals surface area contributed by atoms with E-state index in [2.05, 4.69) is 84.1 Å². The summed E-state index contributed by atoms with van der Waals surface area (Å²) in [6.45, 7) is 13.4. The molecule has 0 aliphatic carbocycles. The predicted molar refractivity (Wildman–Crippen MR) is 134 cm³/mol. The average Bonchev–Trinajstić information content (AvgIpc) is 2.76. The Morgan fingerprint density at radius 3 is 2.10 bits per heavy atom. The van der Waals surface area contributed by atoms with Crippen LogP contribution in [0, 0.1) is 6.92 Å². The fraction of sp³-hybridized carbons (Fsp3) is 0.481. The molecule has 0 bridgehead atoms. The number of Topliss-reactive ketones (excluding diaryl/α,β-unsaturated/α-hetero) is 1. The highest BCUT2D eigenvalue weighted by Crippen LogP contribution is 2.21. The van der Waals surface area contributed by atoms with E-state index in [-0.39, 0.29) is 5.78 Å². The van der Waals surface area contributed by atoms with E-state index < -0.39 is 0 Å². The Morgan fingerprint density at radius 2 is 1.52 bits per heavy atom. The number of carbonyl (C=O) groups excluding carboxylic acids is 1. The van der Waals surface area contributed by atoms with Gasteiger partial charge in [-0.15, -0.1) is 0 Å². The summed E-state index contributed by atoms with van der Waals surface area (Å²) in [6, 6.07) is 16.7. The van der Waals surface area contributed by atoms with Gasteiger partial charge in [0.1, 0.15) is 5.78 Å². The highest BCUT2D eigenvalue weighted by atomic mass is 16.1. The van der Waals surface area contributed by atoms with Crippen molar-refractivity contribution in [3.8, 4) is 0 Å². The van der Waals surface area contributed by atoms with E-state index in [0.29, 0.717) is 6.42 Å². The Hall–Kier alpha value is -2.46. The van der Waals surface area contributed by atoms with Gasteiger partial charge in [0.25, 0.3) is 0 Å². The molecule has 0 radical (unpaired) electrons. The first-order valence-electron chi connectivity index (χ1n) is 11.7. The largest absolute Gasteiger partial charge is 0.371 e. The van der Waals surface area contributed by atoms with Gasteiger partial charge in [-0.3, -0.25) is 9.79 Å². The number of aryl methyl sites for hydroxylation is 1. The minimum Gasteiger partial charge on any atom is -0.371 e. The highest BCUT2D eigenvalue weighted by Gasteiger charge is 2.09. The Labute approximate surface area is 189 Å². The van der Waals surface area contributed by atoms with Gasteiger partial charge in [-0.05, 0) is 82.6 Å². The lowest BCUT2D eigenvalue weighted by atomic mass is 10.2. The molecular formula is C27H39N3O. The number of hydrogen-bond acceptors (Lipinski definition) is 4. The summed E-state index contributed by atoms with van der Waals surface area (Å²) in [5, 5.41) is 0. The molecule has 0 heterocycles. The molecular weight excluding hydrogens is 382 g/mol. The molecule has 2 aromatic carbocycles. The van der Waals surface area contributed by atoms with Crippen LogP contribution in [0.2, 0.25) is 0 Å². The van der Waals surface area contributed by atoms with Crippen LogP contribution in [-0.2, 0) is 4.79 Å². The maximum Gasteiger partial charge on any atom is 0.131 e. The summed E-state index contributed by atoms with van der Waals surface area (Å²) in [5.41, 5.74) is 4.45. The second-order valence-electron chi connectivity index (χ2n) is 8.32. The molecule has 2 aromatic rings. The highest BCUT2D eigenvalue weighted by molar-refractivity contribution is 5.82. The minimum absolute atomic E-state index is 0.239. The quantitative estimate of drug-likeness (QED) is 0.349. The SMILES string of the molecule is CCCN(CCC)CCCN(CCC(C)=O)c1ccc(N=Cc2ccc(C)cc2)cc1. The topological polar surface area (TPSA) is 35.9 Å². The van der Waals surface area contributed by atoms with Gasteiger partial charge in [-0.25, -0.2) is 0 Å². The molecule has 0 aliphatic rings. The Bertz CT molecular complexity index is 790. The number of benzene rings is 2.